The zero-order chi connectivity index (χ0) is 24.8. The number of ether oxygens (including phenoxy) is 1. The second kappa shape index (κ2) is 10.6. The molecule has 1 saturated heterocycles. The van der Waals surface area contributed by atoms with E-state index in [-0.39, 0.29) is 43.7 Å². The van der Waals surface area contributed by atoms with Gasteiger partial charge >= 0.3 is 0 Å². The highest BCUT2D eigenvalue weighted by atomic mass is 16.5. The number of hydrogen-bond donors (Lipinski definition) is 1. The van der Waals surface area contributed by atoms with Crippen LogP contribution in [0.25, 0.3) is 5.69 Å². The van der Waals surface area contributed by atoms with Crippen LogP contribution in [0.2, 0.25) is 0 Å². The molecule has 0 saturated carbocycles. The molecule has 0 aliphatic carbocycles. The van der Waals surface area contributed by atoms with Gasteiger partial charge in [-0.3, -0.25) is 19.3 Å². The van der Waals surface area contributed by atoms with Crippen LogP contribution in [0, 0.1) is 6.92 Å². The average molecular weight is 476 g/mol. The zero-order valence-corrected chi connectivity index (χ0v) is 19.9. The van der Waals surface area contributed by atoms with Crippen LogP contribution in [-0.2, 0) is 31.1 Å². The molecule has 1 aliphatic heterocycles. The Bertz CT molecular complexity index is 1210. The topological polar surface area (TPSA) is 106 Å². The molecule has 1 fully saturated rings. The second-order valence-corrected chi connectivity index (χ2v) is 8.69. The first-order valence-corrected chi connectivity index (χ1v) is 11.6. The summed E-state index contributed by atoms with van der Waals surface area (Å²) in [7, 11) is 1.58. The number of benzene rings is 2. The van der Waals surface area contributed by atoms with Crippen molar-refractivity contribution < 1.29 is 19.1 Å². The summed E-state index contributed by atoms with van der Waals surface area (Å²) >= 11 is 0. The molecule has 2 aromatic carbocycles. The van der Waals surface area contributed by atoms with Crippen molar-refractivity contribution in [2.24, 2.45) is 0 Å². The van der Waals surface area contributed by atoms with Gasteiger partial charge in [0, 0.05) is 33.1 Å². The summed E-state index contributed by atoms with van der Waals surface area (Å²) in [6.45, 7) is 2.76. The molecule has 0 radical (unpaired) electrons. The summed E-state index contributed by atoms with van der Waals surface area (Å²) in [6.07, 6.45) is 1.96. The van der Waals surface area contributed by atoms with Gasteiger partial charge in [-0.05, 0) is 36.6 Å². The van der Waals surface area contributed by atoms with E-state index in [1.54, 1.807) is 13.3 Å². The predicted octanol–water partition coefficient (Wildman–Crippen LogP) is 2.32. The van der Waals surface area contributed by atoms with Crippen LogP contribution in [0.4, 0.5) is 0 Å². The molecule has 1 aromatic heterocycles. The van der Waals surface area contributed by atoms with E-state index >= 15 is 0 Å². The fourth-order valence-electron chi connectivity index (χ4n) is 4.53. The maximum Gasteiger partial charge on any atom is 0.240 e. The highest BCUT2D eigenvalue weighted by molar-refractivity contribution is 6.10. The number of aryl methyl sites for hydroxylation is 1. The normalized spacial score (nSPS) is 17.7. The first-order chi connectivity index (χ1) is 16.9. The Morgan fingerprint density at radius 2 is 1.86 bits per heavy atom. The van der Waals surface area contributed by atoms with Crippen molar-refractivity contribution >= 4 is 17.7 Å². The SMILES string of the molecule is COCCCN1C(=O)C[C@@](CC(=O)NCc2cnn(-c3ccccc3)n2)(c2ccccc2C)C1=O. The number of para-hydroxylation sites is 1. The molecule has 3 aromatic rings. The van der Waals surface area contributed by atoms with Crippen LogP contribution >= 0.6 is 0 Å². The average Bonchev–Trinajstić information content (AvgIpc) is 3.43. The van der Waals surface area contributed by atoms with E-state index in [1.807, 2.05) is 61.5 Å². The minimum Gasteiger partial charge on any atom is -0.385 e. The van der Waals surface area contributed by atoms with Crippen LogP contribution in [0.5, 0.6) is 0 Å². The molecule has 9 heteroatoms. The number of imide groups is 1. The van der Waals surface area contributed by atoms with Gasteiger partial charge in [-0.1, -0.05) is 42.5 Å². The highest BCUT2D eigenvalue weighted by Gasteiger charge is 2.53. The van der Waals surface area contributed by atoms with Gasteiger partial charge in [0.25, 0.3) is 0 Å². The summed E-state index contributed by atoms with van der Waals surface area (Å²) in [4.78, 5) is 42.4. The molecule has 0 bridgehead atoms. The molecule has 35 heavy (non-hydrogen) atoms. The van der Waals surface area contributed by atoms with Gasteiger partial charge in [-0.25, -0.2) is 0 Å². The lowest BCUT2D eigenvalue weighted by atomic mass is 9.74. The number of aromatic nitrogens is 3. The first-order valence-electron chi connectivity index (χ1n) is 11.6. The molecule has 9 nitrogen and oxygen atoms in total. The van der Waals surface area contributed by atoms with Crippen LogP contribution in [0.15, 0.2) is 60.8 Å². The third kappa shape index (κ3) is 5.14. The Hall–Kier alpha value is -3.85. The Labute approximate surface area is 204 Å². The van der Waals surface area contributed by atoms with E-state index in [0.29, 0.717) is 24.3 Å². The van der Waals surface area contributed by atoms with Gasteiger partial charge < -0.3 is 10.1 Å². The number of nitrogens with one attached hydrogen (secondary N) is 1. The van der Waals surface area contributed by atoms with Crippen molar-refractivity contribution in [1.29, 1.82) is 0 Å². The Morgan fingerprint density at radius 3 is 2.60 bits per heavy atom. The highest BCUT2D eigenvalue weighted by Crippen LogP contribution is 2.41. The summed E-state index contributed by atoms with van der Waals surface area (Å²) in [6, 6.07) is 16.9. The number of carbonyl (C=O) groups excluding carboxylic acids is 3. The molecule has 1 N–H and O–H groups in total. The third-order valence-electron chi connectivity index (χ3n) is 6.25. The molecule has 4 rings (SSSR count). The van der Waals surface area contributed by atoms with Gasteiger partial charge in [-0.15, -0.1) is 0 Å². The van der Waals surface area contributed by atoms with Crippen LogP contribution in [-0.4, -0.2) is 57.9 Å². The van der Waals surface area contributed by atoms with E-state index in [9.17, 15) is 14.4 Å². The maximum absolute atomic E-state index is 13.6. The van der Waals surface area contributed by atoms with Gasteiger partial charge in [0.1, 0.15) is 5.69 Å². The zero-order valence-electron chi connectivity index (χ0n) is 19.9. The van der Waals surface area contributed by atoms with E-state index in [2.05, 4.69) is 15.5 Å². The predicted molar refractivity (Wildman–Crippen MR) is 129 cm³/mol. The summed E-state index contributed by atoms with van der Waals surface area (Å²) in [5, 5.41) is 11.5. The van der Waals surface area contributed by atoms with Crippen molar-refractivity contribution in [1.82, 2.24) is 25.2 Å². The fourth-order valence-corrected chi connectivity index (χ4v) is 4.53. The summed E-state index contributed by atoms with van der Waals surface area (Å²) < 4.78 is 5.07. The van der Waals surface area contributed by atoms with Gasteiger partial charge in [0.05, 0.1) is 23.8 Å². The lowest BCUT2D eigenvalue weighted by Crippen LogP contribution is -2.43. The number of hydrogen-bond acceptors (Lipinski definition) is 6. The molecule has 3 amide bonds. The van der Waals surface area contributed by atoms with Crippen molar-refractivity contribution in [3.63, 3.8) is 0 Å². The molecule has 2 heterocycles. The smallest absolute Gasteiger partial charge is 0.240 e. The Balaban J connectivity index is 1.51. The fraction of sp³-hybridized carbons (Fsp3) is 0.346. The second-order valence-electron chi connectivity index (χ2n) is 8.69. The van der Waals surface area contributed by atoms with E-state index < -0.39 is 5.41 Å². The van der Waals surface area contributed by atoms with Crippen molar-refractivity contribution in [2.45, 2.75) is 38.1 Å². The van der Waals surface area contributed by atoms with E-state index in [0.717, 1.165) is 11.3 Å². The molecule has 0 spiro atoms. The minimum absolute atomic E-state index is 0.0404. The lowest BCUT2D eigenvalue weighted by molar-refractivity contribution is -0.141. The van der Waals surface area contributed by atoms with Gasteiger partial charge in [-0.2, -0.15) is 15.0 Å². The molecular formula is C26H29N5O4. The number of rotatable bonds is 10. The Morgan fingerprint density at radius 1 is 1.11 bits per heavy atom. The maximum atomic E-state index is 13.6. The van der Waals surface area contributed by atoms with Crippen LogP contribution in [0.3, 0.4) is 0 Å². The van der Waals surface area contributed by atoms with Crippen molar-refractivity contribution in [3.8, 4) is 5.69 Å². The standard InChI is InChI=1S/C26H29N5O4/c1-19-9-6-7-12-22(19)26(16-24(33)30(25(26)34)13-8-14-35-2)15-23(32)27-17-20-18-28-31(29-20)21-10-4-3-5-11-21/h3-7,9-12,18H,8,13-17H2,1-2H3,(H,27,32)/t26-/m0/s1. The summed E-state index contributed by atoms with van der Waals surface area (Å²) in [5.41, 5.74) is 1.74. The number of methoxy groups -OCH3 is 1. The number of likely N-dealkylation sites (tertiary alicyclic amines) is 1. The van der Waals surface area contributed by atoms with Gasteiger partial charge in [0.15, 0.2) is 0 Å². The molecule has 182 valence electrons. The molecular weight excluding hydrogens is 446 g/mol. The van der Waals surface area contributed by atoms with Crippen LogP contribution < -0.4 is 5.32 Å². The van der Waals surface area contributed by atoms with E-state index in [4.69, 9.17) is 4.74 Å². The van der Waals surface area contributed by atoms with Crippen molar-refractivity contribution in [2.75, 3.05) is 20.3 Å². The lowest BCUT2D eigenvalue weighted by Gasteiger charge is -2.28. The third-order valence-corrected chi connectivity index (χ3v) is 6.25. The Kier molecular flexibility index (Phi) is 7.36. The number of amides is 3. The monoisotopic (exact) mass is 475 g/mol. The first kappa shape index (κ1) is 24.3. The van der Waals surface area contributed by atoms with Gasteiger partial charge in [0.2, 0.25) is 17.7 Å². The molecule has 1 aliphatic rings. The number of nitrogens with zero attached hydrogens (tertiary/aromatic N) is 4. The minimum atomic E-state index is -1.23. The molecule has 0 unspecified atom stereocenters. The van der Waals surface area contributed by atoms with Crippen LogP contribution in [0.1, 0.15) is 36.1 Å². The van der Waals surface area contributed by atoms with E-state index in [1.165, 1.54) is 9.70 Å². The molecule has 1 atom stereocenters. The largest absolute Gasteiger partial charge is 0.385 e. The quantitative estimate of drug-likeness (QED) is 0.356. The number of carbonyl (C=O) groups is 3. The summed E-state index contributed by atoms with van der Waals surface area (Å²) in [5.74, 6) is -0.937. The van der Waals surface area contributed by atoms with Crippen molar-refractivity contribution in [3.05, 3.63) is 77.6 Å².